The first-order valence-electron chi connectivity index (χ1n) is 11.0. The highest BCUT2D eigenvalue weighted by molar-refractivity contribution is 5.83. The molecular weight excluding hydrogens is 352 g/mol. The summed E-state index contributed by atoms with van der Waals surface area (Å²) >= 11 is 0. The summed E-state index contributed by atoms with van der Waals surface area (Å²) in [4.78, 5) is 2.52. The van der Waals surface area contributed by atoms with Gasteiger partial charge < -0.3 is 10.2 Å². The van der Waals surface area contributed by atoms with Gasteiger partial charge in [0.15, 0.2) is 0 Å². The van der Waals surface area contributed by atoms with Gasteiger partial charge in [0.1, 0.15) is 0 Å². The van der Waals surface area contributed by atoms with E-state index in [1.807, 2.05) is 0 Å². The van der Waals surface area contributed by atoms with Crippen molar-refractivity contribution in [1.29, 1.82) is 0 Å². The molecule has 1 saturated carbocycles. The van der Waals surface area contributed by atoms with Crippen LogP contribution >= 0.6 is 0 Å². The van der Waals surface area contributed by atoms with Crippen LogP contribution in [0.3, 0.4) is 0 Å². The van der Waals surface area contributed by atoms with Crippen LogP contribution in [0.25, 0.3) is 11.1 Å². The third-order valence-electron chi connectivity index (χ3n) is 6.80. The zero-order chi connectivity index (χ0) is 19.8. The minimum Gasteiger partial charge on any atom is -0.372 e. The molecule has 0 heterocycles. The predicted octanol–water partition coefficient (Wildman–Crippen LogP) is 7.08. The molecule has 0 unspecified atom stereocenters. The Balaban J connectivity index is 1.45. The second-order valence-corrected chi connectivity index (χ2v) is 8.74. The maximum absolute atomic E-state index is 3.59. The van der Waals surface area contributed by atoms with E-state index in [1.54, 1.807) is 0 Å². The third kappa shape index (κ3) is 3.53. The Kier molecular flexibility index (Phi) is 4.79. The number of nitrogens with one attached hydrogen (secondary N) is 1. The van der Waals surface area contributed by atoms with Gasteiger partial charge in [0, 0.05) is 30.2 Å². The first-order valence-corrected chi connectivity index (χ1v) is 11.0. The molecule has 2 nitrogen and oxygen atoms in total. The molecule has 0 radical (unpaired) electrons. The fourth-order valence-corrected chi connectivity index (χ4v) is 5.03. The van der Waals surface area contributed by atoms with Crippen molar-refractivity contribution in [3.05, 3.63) is 77.4 Å². The van der Waals surface area contributed by atoms with Gasteiger partial charge in [-0.25, -0.2) is 0 Å². The second kappa shape index (κ2) is 7.59. The van der Waals surface area contributed by atoms with Crippen LogP contribution in [0.2, 0.25) is 0 Å². The molecule has 2 heteroatoms. The van der Waals surface area contributed by atoms with Crippen molar-refractivity contribution in [2.45, 2.75) is 51.5 Å². The van der Waals surface area contributed by atoms with Gasteiger partial charge in [-0.2, -0.15) is 0 Å². The molecule has 1 N–H and O–H groups in total. The summed E-state index contributed by atoms with van der Waals surface area (Å²) in [7, 11) is 2.28. The van der Waals surface area contributed by atoms with Crippen LogP contribution in [-0.4, -0.2) is 13.1 Å². The fraction of sp³-hybridized carbons (Fsp3) is 0.333. The van der Waals surface area contributed by atoms with Crippen molar-refractivity contribution in [3.8, 4) is 11.1 Å². The summed E-state index contributed by atoms with van der Waals surface area (Å²) in [6.45, 7) is 2.21. The maximum Gasteiger partial charge on any atom is 0.0417 e. The summed E-state index contributed by atoms with van der Waals surface area (Å²) in [5.74, 6) is 0. The Labute approximate surface area is 174 Å². The fourth-order valence-electron chi connectivity index (χ4n) is 5.03. The predicted molar refractivity (Wildman–Crippen MR) is 124 cm³/mol. The van der Waals surface area contributed by atoms with Gasteiger partial charge >= 0.3 is 0 Å². The van der Waals surface area contributed by atoms with Crippen LogP contribution in [0, 0.1) is 6.92 Å². The Hall–Kier alpha value is -2.74. The lowest BCUT2D eigenvalue weighted by atomic mass is 9.94. The topological polar surface area (TPSA) is 15.3 Å². The summed E-state index contributed by atoms with van der Waals surface area (Å²) in [5.41, 5.74) is 10.7. The smallest absolute Gasteiger partial charge is 0.0417 e. The normalized spacial score (nSPS) is 15.7. The van der Waals surface area contributed by atoms with E-state index >= 15 is 0 Å². The van der Waals surface area contributed by atoms with Crippen LogP contribution in [0.4, 0.5) is 17.1 Å². The SMILES string of the molecule is Cc1cc2c(cc1Nc1ccccc1)Cc1ccc(N(C)C3CCCCC3)cc1-2. The van der Waals surface area contributed by atoms with Crippen molar-refractivity contribution in [3.63, 3.8) is 0 Å². The van der Waals surface area contributed by atoms with E-state index in [0.29, 0.717) is 6.04 Å². The van der Waals surface area contributed by atoms with Crippen molar-refractivity contribution < 1.29 is 0 Å². The highest BCUT2D eigenvalue weighted by Crippen LogP contribution is 2.42. The molecule has 148 valence electrons. The quantitative estimate of drug-likeness (QED) is 0.406. The lowest BCUT2D eigenvalue weighted by Gasteiger charge is -2.33. The number of para-hydroxylation sites is 1. The number of nitrogens with zero attached hydrogens (tertiary/aromatic N) is 1. The van der Waals surface area contributed by atoms with E-state index in [4.69, 9.17) is 0 Å². The third-order valence-corrected chi connectivity index (χ3v) is 6.80. The lowest BCUT2D eigenvalue weighted by Crippen LogP contribution is -2.33. The molecule has 0 bridgehead atoms. The highest BCUT2D eigenvalue weighted by atomic mass is 15.1. The zero-order valence-corrected chi connectivity index (χ0v) is 17.5. The molecular formula is C27H30N2. The average molecular weight is 383 g/mol. The molecule has 0 aliphatic heterocycles. The summed E-state index contributed by atoms with van der Waals surface area (Å²) in [5, 5.41) is 3.59. The first kappa shape index (κ1) is 18.3. The molecule has 0 atom stereocenters. The van der Waals surface area contributed by atoms with Crippen molar-refractivity contribution in [2.75, 3.05) is 17.3 Å². The average Bonchev–Trinajstić information content (AvgIpc) is 3.11. The van der Waals surface area contributed by atoms with Gasteiger partial charge in [-0.15, -0.1) is 0 Å². The van der Waals surface area contributed by atoms with E-state index in [9.17, 15) is 0 Å². The van der Waals surface area contributed by atoms with Crippen molar-refractivity contribution in [1.82, 2.24) is 0 Å². The highest BCUT2D eigenvalue weighted by Gasteiger charge is 2.23. The van der Waals surface area contributed by atoms with Gasteiger partial charge in [-0.1, -0.05) is 43.5 Å². The molecule has 2 aliphatic carbocycles. The Morgan fingerprint density at radius 3 is 2.38 bits per heavy atom. The van der Waals surface area contributed by atoms with E-state index in [-0.39, 0.29) is 0 Å². The minimum absolute atomic E-state index is 0.696. The molecule has 1 fully saturated rings. The molecule has 0 spiro atoms. The van der Waals surface area contributed by atoms with Gasteiger partial charge in [0.25, 0.3) is 0 Å². The molecule has 3 aromatic carbocycles. The summed E-state index contributed by atoms with van der Waals surface area (Å²) in [6.07, 6.45) is 7.84. The number of fused-ring (bicyclic) bond motifs is 3. The monoisotopic (exact) mass is 382 g/mol. The van der Waals surface area contributed by atoms with Crippen LogP contribution in [0.1, 0.15) is 48.8 Å². The second-order valence-electron chi connectivity index (χ2n) is 8.74. The summed E-state index contributed by atoms with van der Waals surface area (Å²) in [6, 6.07) is 23.0. The van der Waals surface area contributed by atoms with Gasteiger partial charge in [0.05, 0.1) is 0 Å². The van der Waals surface area contributed by atoms with Crippen molar-refractivity contribution >= 4 is 17.1 Å². The van der Waals surface area contributed by atoms with Crippen LogP contribution < -0.4 is 10.2 Å². The molecule has 0 saturated heterocycles. The number of rotatable bonds is 4. The van der Waals surface area contributed by atoms with Gasteiger partial charge in [-0.05, 0) is 90.4 Å². The number of benzene rings is 3. The molecule has 3 aromatic rings. The number of aryl methyl sites for hydroxylation is 1. The van der Waals surface area contributed by atoms with Crippen molar-refractivity contribution in [2.24, 2.45) is 0 Å². The van der Waals surface area contributed by atoms with Crippen LogP contribution in [0.15, 0.2) is 60.7 Å². The molecule has 2 aliphatic rings. The maximum atomic E-state index is 3.59. The summed E-state index contributed by atoms with van der Waals surface area (Å²) < 4.78 is 0. The Morgan fingerprint density at radius 2 is 1.59 bits per heavy atom. The number of anilines is 3. The molecule has 29 heavy (non-hydrogen) atoms. The largest absolute Gasteiger partial charge is 0.372 e. The molecule has 5 rings (SSSR count). The first-order chi connectivity index (χ1) is 14.2. The molecule has 0 amide bonds. The van der Waals surface area contributed by atoms with E-state index in [2.05, 4.69) is 84.9 Å². The lowest BCUT2D eigenvalue weighted by molar-refractivity contribution is 0.427. The zero-order valence-electron chi connectivity index (χ0n) is 17.5. The van der Waals surface area contributed by atoms with Crippen LogP contribution in [-0.2, 0) is 6.42 Å². The van der Waals surface area contributed by atoms with Gasteiger partial charge in [-0.3, -0.25) is 0 Å². The van der Waals surface area contributed by atoms with Crippen LogP contribution in [0.5, 0.6) is 0 Å². The number of hydrogen-bond acceptors (Lipinski definition) is 2. The Morgan fingerprint density at radius 1 is 0.828 bits per heavy atom. The minimum atomic E-state index is 0.696. The van der Waals surface area contributed by atoms with E-state index < -0.39 is 0 Å². The standard InChI is InChI=1S/C27H30N2/c1-19-15-25-21(17-27(19)28-22-9-5-3-6-10-22)16-20-13-14-24(18-26(20)25)29(2)23-11-7-4-8-12-23/h3,5-6,9-10,13-15,17-18,23,28H,4,7-8,11-12,16H2,1-2H3. The molecule has 0 aromatic heterocycles. The van der Waals surface area contributed by atoms with E-state index in [1.165, 1.54) is 71.3 Å². The van der Waals surface area contributed by atoms with E-state index in [0.717, 1.165) is 12.1 Å². The van der Waals surface area contributed by atoms with Gasteiger partial charge in [0.2, 0.25) is 0 Å². The number of hydrogen-bond donors (Lipinski definition) is 1. The Bertz CT molecular complexity index is 1020.